The van der Waals surface area contributed by atoms with Crippen LogP contribution in [0.1, 0.15) is 5.56 Å². The fraction of sp³-hybridized carbons (Fsp3) is 0.267. The van der Waals surface area contributed by atoms with E-state index in [1.54, 1.807) is 12.4 Å². The van der Waals surface area contributed by atoms with Crippen LogP contribution in [0.3, 0.4) is 0 Å². The number of hydrogen-bond donors (Lipinski definition) is 2. The summed E-state index contributed by atoms with van der Waals surface area (Å²) in [6.07, 6.45) is 3.53. The molecule has 0 atom stereocenters. The van der Waals surface area contributed by atoms with Gasteiger partial charge in [-0.3, -0.25) is 5.41 Å². The molecule has 0 unspecified atom stereocenters. The summed E-state index contributed by atoms with van der Waals surface area (Å²) in [5.74, 6) is 0.886. The second kappa shape index (κ2) is 5.78. The minimum Gasteiger partial charge on any atom is -0.384 e. The van der Waals surface area contributed by atoms with Crippen molar-refractivity contribution >= 4 is 17.5 Å². The number of nitrogens with one attached hydrogen (secondary N) is 1. The molecule has 6 nitrogen and oxygen atoms in total. The van der Waals surface area contributed by atoms with Crippen molar-refractivity contribution in [2.75, 3.05) is 36.0 Å². The number of aromatic nitrogens is 2. The summed E-state index contributed by atoms with van der Waals surface area (Å²) >= 11 is 0. The first-order valence-corrected chi connectivity index (χ1v) is 6.96. The number of hydrogen-bond acceptors (Lipinski definition) is 5. The third-order valence-electron chi connectivity index (χ3n) is 3.65. The van der Waals surface area contributed by atoms with Gasteiger partial charge in [-0.25, -0.2) is 9.97 Å². The predicted octanol–water partition coefficient (Wildman–Crippen LogP) is 1.09. The van der Waals surface area contributed by atoms with Gasteiger partial charge in [-0.15, -0.1) is 0 Å². The zero-order valence-corrected chi connectivity index (χ0v) is 11.7. The molecule has 108 valence electrons. The van der Waals surface area contributed by atoms with Gasteiger partial charge in [0, 0.05) is 49.8 Å². The van der Waals surface area contributed by atoms with Gasteiger partial charge in [-0.05, 0) is 18.2 Å². The van der Waals surface area contributed by atoms with Crippen LogP contribution in [0, 0.1) is 5.41 Å². The van der Waals surface area contributed by atoms with Crippen molar-refractivity contribution in [3.63, 3.8) is 0 Å². The maximum absolute atomic E-state index is 7.69. The molecule has 0 amide bonds. The van der Waals surface area contributed by atoms with Gasteiger partial charge in [-0.2, -0.15) is 0 Å². The van der Waals surface area contributed by atoms with Crippen molar-refractivity contribution in [1.29, 1.82) is 5.41 Å². The SMILES string of the molecule is N=C(N)c1ccccc1N1CCN(c2ncccn2)CC1. The third kappa shape index (κ3) is 2.79. The highest BCUT2D eigenvalue weighted by Gasteiger charge is 2.20. The Morgan fingerprint density at radius 2 is 1.57 bits per heavy atom. The topological polar surface area (TPSA) is 82.1 Å². The van der Waals surface area contributed by atoms with E-state index in [1.165, 1.54) is 0 Å². The molecule has 1 aliphatic rings. The maximum Gasteiger partial charge on any atom is 0.225 e. The molecule has 0 radical (unpaired) electrons. The lowest BCUT2D eigenvalue weighted by molar-refractivity contribution is 0.639. The zero-order valence-electron chi connectivity index (χ0n) is 11.7. The normalized spacial score (nSPS) is 15.0. The Labute approximate surface area is 123 Å². The van der Waals surface area contributed by atoms with Crippen LogP contribution in [-0.4, -0.2) is 42.0 Å². The number of para-hydroxylation sites is 1. The highest BCUT2D eigenvalue weighted by Crippen LogP contribution is 2.22. The quantitative estimate of drug-likeness (QED) is 0.650. The van der Waals surface area contributed by atoms with E-state index in [9.17, 15) is 0 Å². The largest absolute Gasteiger partial charge is 0.384 e. The van der Waals surface area contributed by atoms with Gasteiger partial charge in [0.1, 0.15) is 5.84 Å². The Kier molecular flexibility index (Phi) is 3.68. The van der Waals surface area contributed by atoms with E-state index in [0.29, 0.717) is 0 Å². The first-order chi connectivity index (χ1) is 10.3. The fourth-order valence-electron chi connectivity index (χ4n) is 2.58. The van der Waals surface area contributed by atoms with Gasteiger partial charge in [-0.1, -0.05) is 12.1 Å². The molecule has 6 heteroatoms. The average Bonchev–Trinajstić information content (AvgIpc) is 2.56. The van der Waals surface area contributed by atoms with Gasteiger partial charge in [0.05, 0.1) is 0 Å². The van der Waals surface area contributed by atoms with Crippen molar-refractivity contribution in [1.82, 2.24) is 9.97 Å². The average molecular weight is 282 g/mol. The standard InChI is InChI=1S/C15H18N6/c16-14(17)12-4-1-2-5-13(12)20-8-10-21(11-9-20)15-18-6-3-7-19-15/h1-7H,8-11H2,(H3,16,17). The maximum atomic E-state index is 7.69. The van der Waals surface area contributed by atoms with Crippen LogP contribution in [0.15, 0.2) is 42.7 Å². The van der Waals surface area contributed by atoms with Gasteiger partial charge >= 0.3 is 0 Å². The highest BCUT2D eigenvalue weighted by atomic mass is 15.3. The Morgan fingerprint density at radius 3 is 2.24 bits per heavy atom. The van der Waals surface area contributed by atoms with Gasteiger partial charge in [0.15, 0.2) is 0 Å². The Hall–Kier alpha value is -2.63. The number of nitrogens with zero attached hydrogens (tertiary/aromatic N) is 4. The van der Waals surface area contributed by atoms with Crippen molar-refractivity contribution in [3.05, 3.63) is 48.3 Å². The molecule has 0 aliphatic carbocycles. The number of anilines is 2. The van der Waals surface area contributed by atoms with E-state index < -0.39 is 0 Å². The van der Waals surface area contributed by atoms with Crippen molar-refractivity contribution in [2.24, 2.45) is 5.73 Å². The zero-order chi connectivity index (χ0) is 14.7. The summed E-state index contributed by atoms with van der Waals surface area (Å²) in [6.45, 7) is 3.44. The van der Waals surface area contributed by atoms with Crippen LogP contribution >= 0.6 is 0 Å². The van der Waals surface area contributed by atoms with E-state index in [4.69, 9.17) is 11.1 Å². The Morgan fingerprint density at radius 1 is 0.952 bits per heavy atom. The Bertz CT molecular complexity index is 619. The second-order valence-electron chi connectivity index (χ2n) is 4.95. The van der Waals surface area contributed by atoms with Crippen LogP contribution in [0.5, 0.6) is 0 Å². The first kappa shape index (κ1) is 13.4. The summed E-state index contributed by atoms with van der Waals surface area (Å²) in [7, 11) is 0. The molecule has 1 aromatic heterocycles. The number of rotatable bonds is 3. The molecule has 21 heavy (non-hydrogen) atoms. The lowest BCUT2D eigenvalue weighted by atomic mass is 10.1. The minimum absolute atomic E-state index is 0.111. The van der Waals surface area contributed by atoms with E-state index in [-0.39, 0.29) is 5.84 Å². The van der Waals surface area contributed by atoms with Gasteiger partial charge in [0.25, 0.3) is 0 Å². The summed E-state index contributed by atoms with van der Waals surface area (Å²) in [6, 6.07) is 9.63. The summed E-state index contributed by atoms with van der Waals surface area (Å²) < 4.78 is 0. The van der Waals surface area contributed by atoms with Crippen LogP contribution < -0.4 is 15.5 Å². The molecule has 1 saturated heterocycles. The molecular formula is C15H18N6. The van der Waals surface area contributed by atoms with Crippen LogP contribution in [0.2, 0.25) is 0 Å². The Balaban J connectivity index is 1.73. The molecule has 2 heterocycles. The monoisotopic (exact) mass is 282 g/mol. The first-order valence-electron chi connectivity index (χ1n) is 6.96. The molecular weight excluding hydrogens is 264 g/mol. The summed E-state index contributed by atoms with van der Waals surface area (Å²) in [5.41, 5.74) is 7.49. The summed E-state index contributed by atoms with van der Waals surface area (Å²) in [4.78, 5) is 13.0. The van der Waals surface area contributed by atoms with Crippen LogP contribution in [0.25, 0.3) is 0 Å². The van der Waals surface area contributed by atoms with Crippen molar-refractivity contribution in [3.8, 4) is 0 Å². The molecule has 1 aromatic carbocycles. The lowest BCUT2D eigenvalue weighted by Crippen LogP contribution is -2.47. The smallest absolute Gasteiger partial charge is 0.225 e. The predicted molar refractivity (Wildman–Crippen MR) is 83.9 cm³/mol. The lowest BCUT2D eigenvalue weighted by Gasteiger charge is -2.36. The molecule has 0 spiro atoms. The van der Waals surface area contributed by atoms with Crippen molar-refractivity contribution < 1.29 is 0 Å². The molecule has 3 rings (SSSR count). The van der Waals surface area contributed by atoms with Crippen LogP contribution in [0.4, 0.5) is 11.6 Å². The van der Waals surface area contributed by atoms with Crippen LogP contribution in [-0.2, 0) is 0 Å². The number of nitrogen functional groups attached to an aromatic ring is 1. The number of nitrogens with two attached hydrogens (primary N) is 1. The number of piperazine rings is 1. The minimum atomic E-state index is 0.111. The van der Waals surface area contributed by atoms with E-state index in [0.717, 1.165) is 43.4 Å². The van der Waals surface area contributed by atoms with E-state index >= 15 is 0 Å². The molecule has 0 saturated carbocycles. The van der Waals surface area contributed by atoms with E-state index in [1.807, 2.05) is 30.3 Å². The van der Waals surface area contributed by atoms with E-state index in [2.05, 4.69) is 19.8 Å². The molecule has 3 N–H and O–H groups in total. The van der Waals surface area contributed by atoms with Gasteiger partial charge < -0.3 is 15.5 Å². The number of benzene rings is 1. The van der Waals surface area contributed by atoms with Crippen molar-refractivity contribution in [2.45, 2.75) is 0 Å². The fourth-order valence-corrected chi connectivity index (χ4v) is 2.58. The highest BCUT2D eigenvalue weighted by molar-refractivity contribution is 6.00. The second-order valence-corrected chi connectivity index (χ2v) is 4.95. The molecule has 1 aliphatic heterocycles. The number of amidine groups is 1. The molecule has 2 aromatic rings. The molecule has 0 bridgehead atoms. The molecule has 1 fully saturated rings. The third-order valence-corrected chi connectivity index (χ3v) is 3.65. The summed E-state index contributed by atoms with van der Waals surface area (Å²) in [5, 5.41) is 7.69. The van der Waals surface area contributed by atoms with Gasteiger partial charge in [0.2, 0.25) is 5.95 Å².